The van der Waals surface area contributed by atoms with Gasteiger partial charge in [0.2, 0.25) is 12.5 Å². The Morgan fingerprint density at radius 3 is 2.26 bits per heavy atom. The van der Waals surface area contributed by atoms with E-state index in [9.17, 15) is 15.0 Å². The third kappa shape index (κ3) is 3.91. The lowest BCUT2D eigenvalue weighted by atomic mass is 9.65. The molecule has 3 aliphatic rings. The van der Waals surface area contributed by atoms with Gasteiger partial charge in [-0.05, 0) is 41.0 Å². The van der Waals surface area contributed by atoms with Crippen molar-refractivity contribution in [1.82, 2.24) is 5.32 Å². The fraction of sp³-hybridized carbons (Fsp3) is 0.480. The van der Waals surface area contributed by atoms with Crippen LogP contribution < -0.4 is 29.0 Å². The molecular formula is C25H29NO9. The lowest BCUT2D eigenvalue weighted by Crippen LogP contribution is -2.43. The maximum atomic E-state index is 13.1. The topological polar surface area (TPSA) is 125 Å². The molecule has 1 aliphatic carbocycles. The number of cyclic esters (lactones) is 1. The van der Waals surface area contributed by atoms with Crippen LogP contribution >= 0.6 is 0 Å². The van der Waals surface area contributed by atoms with Crippen molar-refractivity contribution in [3.63, 3.8) is 0 Å². The van der Waals surface area contributed by atoms with E-state index in [1.54, 1.807) is 14.2 Å². The molecule has 1 saturated heterocycles. The molecule has 5 rings (SSSR count). The Bertz CT molecular complexity index is 1100. The molecule has 2 aromatic carbocycles. The minimum atomic E-state index is -0.934. The predicted octanol–water partition coefficient (Wildman–Crippen LogP) is 1.36. The maximum Gasteiger partial charge on any atom is 0.310 e. The zero-order valence-corrected chi connectivity index (χ0v) is 19.8. The van der Waals surface area contributed by atoms with E-state index in [1.165, 1.54) is 7.11 Å². The summed E-state index contributed by atoms with van der Waals surface area (Å²) in [7, 11) is 4.64. The Balaban J connectivity index is 1.69. The Kier molecular flexibility index (Phi) is 6.35. The minimum absolute atomic E-state index is 0.114. The number of hydrogen-bond donors (Lipinski definition) is 3. The van der Waals surface area contributed by atoms with Crippen molar-refractivity contribution in [3.05, 3.63) is 41.0 Å². The van der Waals surface area contributed by atoms with Crippen LogP contribution in [0, 0.1) is 11.8 Å². The zero-order chi connectivity index (χ0) is 24.7. The second-order valence-corrected chi connectivity index (χ2v) is 8.81. The minimum Gasteiger partial charge on any atom is -0.493 e. The number of ether oxygens (including phenoxy) is 6. The largest absolute Gasteiger partial charge is 0.493 e. The van der Waals surface area contributed by atoms with Crippen molar-refractivity contribution < 1.29 is 43.4 Å². The molecular weight excluding hydrogens is 458 g/mol. The highest BCUT2D eigenvalue weighted by atomic mass is 16.7. The van der Waals surface area contributed by atoms with Crippen LogP contribution in [0.2, 0.25) is 0 Å². The molecule has 0 spiro atoms. The number of hydrogen-bond acceptors (Lipinski definition) is 10. The van der Waals surface area contributed by atoms with E-state index in [0.29, 0.717) is 28.7 Å². The van der Waals surface area contributed by atoms with E-state index >= 15 is 0 Å². The number of rotatable bonds is 8. The van der Waals surface area contributed by atoms with Crippen molar-refractivity contribution in [2.24, 2.45) is 11.8 Å². The Morgan fingerprint density at radius 2 is 1.66 bits per heavy atom. The first-order valence-electron chi connectivity index (χ1n) is 11.4. The quantitative estimate of drug-likeness (QED) is 0.470. The normalized spacial score (nSPS) is 24.9. The number of nitrogens with one attached hydrogen (secondary N) is 1. The summed E-state index contributed by atoms with van der Waals surface area (Å²) in [5.74, 6) is 1.24. The molecule has 10 heteroatoms. The molecule has 2 aliphatic heterocycles. The molecule has 188 valence electrons. The second-order valence-electron chi connectivity index (χ2n) is 8.81. The van der Waals surface area contributed by atoms with Gasteiger partial charge in [0.25, 0.3) is 0 Å². The Labute approximate surface area is 202 Å². The van der Waals surface area contributed by atoms with Crippen molar-refractivity contribution >= 4 is 5.97 Å². The Morgan fingerprint density at radius 1 is 1.00 bits per heavy atom. The highest BCUT2D eigenvalue weighted by Gasteiger charge is 2.52. The van der Waals surface area contributed by atoms with Crippen LogP contribution in [0.3, 0.4) is 0 Å². The van der Waals surface area contributed by atoms with Crippen LogP contribution in [0.4, 0.5) is 0 Å². The van der Waals surface area contributed by atoms with E-state index in [0.717, 1.165) is 16.7 Å². The molecule has 0 saturated carbocycles. The average Bonchev–Trinajstić information content (AvgIpc) is 3.50. The van der Waals surface area contributed by atoms with Crippen LogP contribution in [0.5, 0.6) is 28.7 Å². The molecule has 1 fully saturated rings. The highest BCUT2D eigenvalue weighted by Crippen LogP contribution is 2.55. The number of aliphatic hydroxyl groups excluding tert-OH is 2. The lowest BCUT2D eigenvalue weighted by molar-refractivity contribution is -0.141. The van der Waals surface area contributed by atoms with Crippen molar-refractivity contribution in [1.29, 1.82) is 0 Å². The molecule has 10 nitrogen and oxygen atoms in total. The van der Waals surface area contributed by atoms with E-state index in [-0.39, 0.29) is 50.4 Å². The third-order valence-corrected chi connectivity index (χ3v) is 7.02. The SMILES string of the molecule is COc1cc(C2c3cc4c(cc3C(NCC(O)CO)C3COC(=O)[C@H]23)OCO4)cc(OC)c1OC. The molecule has 3 N–H and O–H groups in total. The summed E-state index contributed by atoms with van der Waals surface area (Å²) in [4.78, 5) is 13.1. The number of methoxy groups -OCH3 is 3. The van der Waals surface area contributed by atoms with E-state index in [1.807, 2.05) is 24.3 Å². The molecule has 0 aromatic heterocycles. The van der Waals surface area contributed by atoms with Gasteiger partial charge >= 0.3 is 5.97 Å². The van der Waals surface area contributed by atoms with E-state index in [4.69, 9.17) is 28.4 Å². The predicted molar refractivity (Wildman–Crippen MR) is 122 cm³/mol. The van der Waals surface area contributed by atoms with Gasteiger partial charge in [-0.3, -0.25) is 4.79 Å². The standard InChI is InChI=1S/C25H29NO9/c1-30-19-4-12(5-20(31-2)24(19)32-3)21-14-6-17-18(35-11-34-17)7-15(14)23(26-8-13(28)9-27)16-10-33-25(29)22(16)21/h4-7,13,16,21-23,26-28H,8-11H2,1-3H3/t13?,16?,21?,22-,23?/m0/s1. The summed E-state index contributed by atoms with van der Waals surface area (Å²) in [6.45, 7) is 0.126. The second kappa shape index (κ2) is 9.44. The molecule has 5 atom stereocenters. The average molecular weight is 488 g/mol. The number of esters is 1. The van der Waals surface area contributed by atoms with Gasteiger partial charge in [0.05, 0.1) is 46.6 Å². The molecule has 0 bridgehead atoms. The maximum absolute atomic E-state index is 13.1. The number of benzene rings is 2. The van der Waals surface area contributed by atoms with Crippen LogP contribution in [0.25, 0.3) is 0 Å². The van der Waals surface area contributed by atoms with Gasteiger partial charge < -0.3 is 44.0 Å². The monoisotopic (exact) mass is 487 g/mol. The fourth-order valence-corrected chi connectivity index (χ4v) is 5.43. The summed E-state index contributed by atoms with van der Waals surface area (Å²) in [6.07, 6.45) is -0.934. The first-order valence-corrected chi connectivity index (χ1v) is 11.4. The van der Waals surface area contributed by atoms with Crippen molar-refractivity contribution in [2.45, 2.75) is 18.1 Å². The summed E-state index contributed by atoms with van der Waals surface area (Å²) < 4.78 is 33.5. The first kappa shape index (κ1) is 23.5. The van der Waals surface area contributed by atoms with Crippen LogP contribution in [-0.4, -0.2) is 70.2 Å². The van der Waals surface area contributed by atoms with Gasteiger partial charge in [-0.25, -0.2) is 0 Å². The number of fused-ring (bicyclic) bond motifs is 3. The highest BCUT2D eigenvalue weighted by molar-refractivity contribution is 5.79. The molecule has 0 radical (unpaired) electrons. The number of carbonyl (C=O) groups excluding carboxylic acids is 1. The van der Waals surface area contributed by atoms with Crippen molar-refractivity contribution in [2.75, 3.05) is 47.9 Å². The lowest BCUT2D eigenvalue weighted by Gasteiger charge is -2.40. The zero-order valence-electron chi connectivity index (χ0n) is 19.8. The van der Waals surface area contributed by atoms with Gasteiger partial charge in [-0.2, -0.15) is 0 Å². The van der Waals surface area contributed by atoms with Crippen LogP contribution in [-0.2, 0) is 9.53 Å². The number of aliphatic hydroxyl groups is 2. The van der Waals surface area contributed by atoms with Crippen LogP contribution in [0.15, 0.2) is 24.3 Å². The van der Waals surface area contributed by atoms with Gasteiger partial charge in [0, 0.05) is 24.4 Å². The van der Waals surface area contributed by atoms with Gasteiger partial charge in [0.1, 0.15) is 0 Å². The van der Waals surface area contributed by atoms with Gasteiger partial charge in [-0.1, -0.05) is 0 Å². The summed E-state index contributed by atoms with van der Waals surface area (Å²) in [5, 5.41) is 22.6. The smallest absolute Gasteiger partial charge is 0.310 e. The molecule has 2 heterocycles. The summed E-state index contributed by atoms with van der Waals surface area (Å²) in [6, 6.07) is 7.23. The third-order valence-electron chi connectivity index (χ3n) is 7.02. The molecule has 35 heavy (non-hydrogen) atoms. The van der Waals surface area contributed by atoms with E-state index in [2.05, 4.69) is 5.32 Å². The van der Waals surface area contributed by atoms with Crippen molar-refractivity contribution in [3.8, 4) is 28.7 Å². The molecule has 4 unspecified atom stereocenters. The van der Waals surface area contributed by atoms with E-state index < -0.39 is 12.0 Å². The van der Waals surface area contributed by atoms with Gasteiger partial charge in [-0.15, -0.1) is 0 Å². The summed E-state index contributed by atoms with van der Waals surface area (Å²) >= 11 is 0. The van der Waals surface area contributed by atoms with Gasteiger partial charge in [0.15, 0.2) is 23.0 Å². The first-order chi connectivity index (χ1) is 17.0. The summed E-state index contributed by atoms with van der Waals surface area (Å²) in [5.41, 5.74) is 2.60. The Hall–Kier alpha value is -3.21. The van der Waals surface area contributed by atoms with Crippen LogP contribution in [0.1, 0.15) is 28.7 Å². The fourth-order valence-electron chi connectivity index (χ4n) is 5.43. The number of carbonyl (C=O) groups is 1. The molecule has 2 aromatic rings. The molecule has 0 amide bonds.